The highest BCUT2D eigenvalue weighted by Crippen LogP contribution is 2.61. The summed E-state index contributed by atoms with van der Waals surface area (Å²) in [6.45, 7) is 2.16. The Hall–Kier alpha value is -3.07. The second-order valence-electron chi connectivity index (χ2n) is 11.5. The summed E-state index contributed by atoms with van der Waals surface area (Å²) in [7, 11) is 0. The van der Waals surface area contributed by atoms with Crippen molar-refractivity contribution in [1.82, 2.24) is 4.90 Å². The van der Waals surface area contributed by atoms with Gasteiger partial charge in [0, 0.05) is 11.8 Å². The zero-order valence-corrected chi connectivity index (χ0v) is 25.1. The minimum atomic E-state index is -1.02. The normalized spacial score (nSPS) is 30.7. The third kappa shape index (κ3) is 4.87. The Morgan fingerprint density at radius 1 is 1.07 bits per heavy atom. The van der Waals surface area contributed by atoms with Gasteiger partial charge in [0.25, 0.3) is 5.91 Å². The van der Waals surface area contributed by atoms with E-state index in [-0.39, 0.29) is 30.2 Å². The van der Waals surface area contributed by atoms with Crippen molar-refractivity contribution in [3.05, 3.63) is 89.0 Å². The first kappa shape index (κ1) is 29.0. The number of aliphatic hydroxyl groups is 1. The maximum absolute atomic E-state index is 14.8. The summed E-state index contributed by atoms with van der Waals surface area (Å²) in [6, 6.07) is 13.5. The number of esters is 1. The fourth-order valence-corrected chi connectivity index (χ4v) is 9.36. The molecule has 0 bridgehead atoms. The highest BCUT2D eigenvalue weighted by molar-refractivity contribution is 8.02. The fraction of sp³-hybridized carbons (Fsp3) is 0.424. The van der Waals surface area contributed by atoms with E-state index < -0.39 is 34.6 Å². The van der Waals surface area contributed by atoms with E-state index in [1.807, 2.05) is 67.6 Å². The van der Waals surface area contributed by atoms with Crippen molar-refractivity contribution < 1.29 is 24.2 Å². The number of carbonyl (C=O) groups excluding carboxylic acids is 3. The maximum Gasteiger partial charge on any atom is 0.311 e. The topological polar surface area (TPSA) is 87.2 Å². The van der Waals surface area contributed by atoms with Crippen LogP contribution in [-0.4, -0.2) is 69.6 Å². The number of hydrogen-bond donors (Lipinski definition) is 1. The van der Waals surface area contributed by atoms with Gasteiger partial charge < -0.3 is 19.6 Å². The molecule has 220 valence electrons. The van der Waals surface area contributed by atoms with Crippen LogP contribution in [0, 0.1) is 18.8 Å². The Bertz CT molecular complexity index is 1410. The third-order valence-corrected chi connectivity index (χ3v) is 11.0. The van der Waals surface area contributed by atoms with Crippen molar-refractivity contribution >= 4 is 46.8 Å². The van der Waals surface area contributed by atoms with Gasteiger partial charge in [0.1, 0.15) is 6.04 Å². The molecule has 0 radical (unpaired) electrons. The summed E-state index contributed by atoms with van der Waals surface area (Å²) in [6.07, 6.45) is 10.9. The number of nitrogens with zero attached hydrogens (tertiary/aromatic N) is 2. The third-order valence-electron chi connectivity index (χ3n) is 8.92. The van der Waals surface area contributed by atoms with Crippen LogP contribution >= 0.6 is 23.4 Å². The van der Waals surface area contributed by atoms with Crippen LogP contribution in [0.25, 0.3) is 0 Å². The molecule has 6 rings (SSSR count). The molecule has 4 heterocycles. The molecule has 1 N–H and O–H groups in total. The van der Waals surface area contributed by atoms with Crippen LogP contribution in [0.3, 0.4) is 0 Å². The minimum Gasteiger partial charge on any atom is -0.465 e. The average Bonchev–Trinajstić information content (AvgIpc) is 3.38. The molecular formula is C33H35ClN2O5S. The lowest BCUT2D eigenvalue weighted by Gasteiger charge is -2.39. The number of cyclic esters (lactones) is 1. The van der Waals surface area contributed by atoms with Crippen LogP contribution in [0.4, 0.5) is 5.69 Å². The Balaban J connectivity index is 1.49. The summed E-state index contributed by atoms with van der Waals surface area (Å²) in [4.78, 5) is 46.4. The molecule has 0 aliphatic carbocycles. The lowest BCUT2D eigenvalue weighted by Crippen LogP contribution is -2.57. The highest BCUT2D eigenvalue weighted by atomic mass is 35.5. The summed E-state index contributed by atoms with van der Waals surface area (Å²) >= 11 is 8.17. The molecule has 2 amide bonds. The summed E-state index contributed by atoms with van der Waals surface area (Å²) in [5.74, 6) is -2.53. The minimum absolute atomic E-state index is 0.271. The molecule has 42 heavy (non-hydrogen) atoms. The summed E-state index contributed by atoms with van der Waals surface area (Å²) in [5, 5.41) is 10.8. The van der Waals surface area contributed by atoms with E-state index in [1.54, 1.807) is 15.9 Å². The first-order chi connectivity index (χ1) is 20.4. The monoisotopic (exact) mass is 606 g/mol. The largest absolute Gasteiger partial charge is 0.465 e. The number of fused-ring (bicyclic) bond motifs is 2. The van der Waals surface area contributed by atoms with Crippen molar-refractivity contribution in [3.8, 4) is 0 Å². The number of aryl methyl sites for hydroxylation is 1. The zero-order chi connectivity index (χ0) is 29.4. The van der Waals surface area contributed by atoms with Crippen molar-refractivity contribution in [2.45, 2.75) is 54.7 Å². The summed E-state index contributed by atoms with van der Waals surface area (Å²) in [5.41, 5.74) is 2.39. The van der Waals surface area contributed by atoms with Gasteiger partial charge in [-0.1, -0.05) is 78.4 Å². The number of hydrogen-bond acceptors (Lipinski definition) is 6. The quantitative estimate of drug-likeness (QED) is 0.391. The number of ether oxygens (including phenoxy) is 1. The lowest BCUT2D eigenvalue weighted by atomic mass is 9.78. The predicted molar refractivity (Wildman–Crippen MR) is 164 cm³/mol. The molecule has 1 unspecified atom stereocenters. The van der Waals surface area contributed by atoms with Gasteiger partial charge in [0.05, 0.1) is 46.5 Å². The van der Waals surface area contributed by atoms with E-state index in [4.69, 9.17) is 16.3 Å². The van der Waals surface area contributed by atoms with Crippen molar-refractivity contribution in [3.63, 3.8) is 0 Å². The molecule has 1 spiro atoms. The fourth-order valence-electron chi connectivity index (χ4n) is 7.05. The van der Waals surface area contributed by atoms with Crippen LogP contribution in [0.5, 0.6) is 0 Å². The molecule has 2 fully saturated rings. The number of carbonyl (C=O) groups is 3. The maximum atomic E-state index is 14.8. The van der Waals surface area contributed by atoms with Crippen molar-refractivity contribution in [1.29, 1.82) is 0 Å². The number of likely N-dealkylation sites (tertiary alicyclic amines) is 1. The Labute approximate surface area is 255 Å². The number of para-hydroxylation sites is 1. The van der Waals surface area contributed by atoms with E-state index in [1.165, 1.54) is 11.8 Å². The second kappa shape index (κ2) is 11.9. The van der Waals surface area contributed by atoms with Gasteiger partial charge in [-0.05, 0) is 49.8 Å². The molecule has 2 aromatic rings. The van der Waals surface area contributed by atoms with Crippen LogP contribution in [0.2, 0.25) is 5.02 Å². The standard InChI is InChI=1S/C33H35ClN2O5S/c1-21-11-9-14-24(34)28(21)35-17-10-16-33-27(26-25(42-33)15-7-2-3-8-18-41-32(26)40)30(38)36(29(33)31(35)39)23(20-37)19-22-12-5-4-6-13-22/h4-7,9-16,23,25-27,29,37H,2-3,8,17-20H2,1H3/b15-7-/t23-,25+,26-,27+,29?,33+/m1/s1. The number of halogens is 1. The van der Waals surface area contributed by atoms with Crippen LogP contribution < -0.4 is 4.90 Å². The van der Waals surface area contributed by atoms with Crippen molar-refractivity contribution in [2.24, 2.45) is 11.8 Å². The molecule has 4 aliphatic rings. The second-order valence-corrected chi connectivity index (χ2v) is 13.4. The lowest BCUT2D eigenvalue weighted by molar-refractivity contribution is -0.153. The number of rotatable bonds is 5. The van der Waals surface area contributed by atoms with Crippen LogP contribution in [-0.2, 0) is 25.5 Å². The number of allylic oxidation sites excluding steroid dienone is 1. The Kier molecular flexibility index (Phi) is 8.22. The van der Waals surface area contributed by atoms with Crippen molar-refractivity contribution in [2.75, 3.05) is 24.7 Å². The molecule has 6 atom stereocenters. The average molecular weight is 607 g/mol. The van der Waals surface area contributed by atoms with E-state index in [2.05, 4.69) is 6.08 Å². The van der Waals surface area contributed by atoms with Crippen LogP contribution in [0.1, 0.15) is 30.4 Å². The SMILES string of the molecule is Cc1cccc(Cl)c1N1CC=C[C@]23S[C@H]4/C=C\CCCCOC(=O)[C@H]4[C@H]2C(=O)N([C@@H](CO)Cc2ccccc2)C3C1=O. The molecule has 9 heteroatoms. The van der Waals surface area contributed by atoms with E-state index >= 15 is 0 Å². The summed E-state index contributed by atoms with van der Waals surface area (Å²) < 4.78 is 4.70. The molecule has 2 aromatic carbocycles. The predicted octanol–water partition coefficient (Wildman–Crippen LogP) is 4.74. The first-order valence-electron chi connectivity index (χ1n) is 14.6. The number of thioether (sulfide) groups is 1. The van der Waals surface area contributed by atoms with Gasteiger partial charge in [-0.2, -0.15) is 0 Å². The number of amides is 2. The van der Waals surface area contributed by atoms with Gasteiger partial charge in [-0.25, -0.2) is 0 Å². The van der Waals surface area contributed by atoms with E-state index in [9.17, 15) is 19.5 Å². The number of anilines is 1. The first-order valence-corrected chi connectivity index (χ1v) is 15.9. The Morgan fingerprint density at radius 3 is 2.64 bits per heavy atom. The van der Waals surface area contributed by atoms with Gasteiger partial charge in [-0.15, -0.1) is 11.8 Å². The molecule has 7 nitrogen and oxygen atoms in total. The molecular weight excluding hydrogens is 572 g/mol. The number of aliphatic hydroxyl groups excluding tert-OH is 1. The number of benzene rings is 2. The van der Waals surface area contributed by atoms with Gasteiger partial charge >= 0.3 is 5.97 Å². The van der Waals surface area contributed by atoms with Crippen LogP contribution in [0.15, 0.2) is 72.8 Å². The zero-order valence-electron chi connectivity index (χ0n) is 23.5. The van der Waals surface area contributed by atoms with E-state index in [0.29, 0.717) is 23.7 Å². The molecule has 4 aliphatic heterocycles. The smallest absolute Gasteiger partial charge is 0.311 e. The van der Waals surface area contributed by atoms with Gasteiger partial charge in [0.2, 0.25) is 5.91 Å². The molecule has 2 saturated heterocycles. The van der Waals surface area contributed by atoms with Gasteiger partial charge in [-0.3, -0.25) is 14.4 Å². The highest BCUT2D eigenvalue weighted by Gasteiger charge is 2.71. The van der Waals surface area contributed by atoms with Gasteiger partial charge in [0.15, 0.2) is 0 Å². The van der Waals surface area contributed by atoms with E-state index in [0.717, 1.165) is 30.4 Å². The molecule has 0 aromatic heterocycles. The molecule has 0 saturated carbocycles. The Morgan fingerprint density at radius 2 is 1.88 bits per heavy atom.